The summed E-state index contributed by atoms with van der Waals surface area (Å²) in [4.78, 5) is 36.8. The van der Waals surface area contributed by atoms with Crippen molar-refractivity contribution in [2.45, 2.75) is 87.6 Å². The number of thioether (sulfide) groups is 1. The Balaban J connectivity index is 1.37. The number of aryl methyl sites for hydroxylation is 1. The number of fused-ring (bicyclic) bond motifs is 4. The van der Waals surface area contributed by atoms with Crippen LogP contribution in [0, 0.1) is 23.1 Å². The van der Waals surface area contributed by atoms with Crippen LogP contribution in [0.15, 0.2) is 35.4 Å². The summed E-state index contributed by atoms with van der Waals surface area (Å²) in [5, 5.41) is 11.9. The van der Waals surface area contributed by atoms with Gasteiger partial charge in [0.15, 0.2) is 5.82 Å². The minimum atomic E-state index is -2.91. The second-order valence-corrected chi connectivity index (χ2v) is 17.3. The molecule has 2 aromatic heterocycles. The monoisotopic (exact) mass is 798 g/mol. The molecule has 0 spiro atoms. The second kappa shape index (κ2) is 13.4. The third-order valence-corrected chi connectivity index (χ3v) is 12.7. The first-order chi connectivity index (χ1) is 25.6. The second-order valence-electron chi connectivity index (χ2n) is 15.7. The van der Waals surface area contributed by atoms with Crippen molar-refractivity contribution in [2.75, 3.05) is 32.4 Å². The number of hydrogen-bond donors (Lipinski definition) is 0. The van der Waals surface area contributed by atoms with Crippen molar-refractivity contribution in [2.24, 2.45) is 5.92 Å². The van der Waals surface area contributed by atoms with Gasteiger partial charge < -0.3 is 24.0 Å². The maximum absolute atomic E-state index is 17.3. The molecule has 9 rings (SSSR count). The number of ether oxygens (including phenoxy) is 1. The fraction of sp³-hybridized carbons (Fsp3) is 0.487. The standard InChI is InChI=1S/C39H39Cl2F3N6O3S/c1-38(2,3)53-37(52)49-17-21-15-28(49)33(21)50-27(26-11-7-13-48(26)36(51)47-18-39(43,44)19-47)16-24-34(50)23-14-20(8-6-12-45)29(22-9-5-10-25(40)30(22)41)31(42)32(23)46-35(24)54-4/h5,9-10,14,16,21,26,28,33H,6-8,11,13,15,17-19H2,1-4H3/t21-,26-,28-,33+/m1/s1. The number of hydrogen-bond acceptors (Lipinski definition) is 6. The van der Waals surface area contributed by atoms with Gasteiger partial charge >= 0.3 is 12.1 Å². The molecule has 3 amide bonds. The van der Waals surface area contributed by atoms with E-state index in [1.807, 2.05) is 39.2 Å². The Kier molecular flexibility index (Phi) is 9.21. The fourth-order valence-electron chi connectivity index (χ4n) is 8.87. The van der Waals surface area contributed by atoms with Crippen LogP contribution in [0.25, 0.3) is 32.9 Å². The fourth-order valence-corrected chi connectivity index (χ4v) is 9.82. The largest absolute Gasteiger partial charge is 0.444 e. The van der Waals surface area contributed by atoms with Crippen molar-refractivity contribution in [3.05, 3.63) is 57.5 Å². The number of amides is 3. The van der Waals surface area contributed by atoms with E-state index in [4.69, 9.17) is 32.9 Å². The predicted octanol–water partition coefficient (Wildman–Crippen LogP) is 9.87. The molecule has 4 aliphatic heterocycles. The summed E-state index contributed by atoms with van der Waals surface area (Å²) in [6.07, 6.45) is 3.83. The van der Waals surface area contributed by atoms with E-state index in [0.717, 1.165) is 17.5 Å². The van der Waals surface area contributed by atoms with E-state index in [-0.39, 0.29) is 52.0 Å². The van der Waals surface area contributed by atoms with Gasteiger partial charge in [0.1, 0.15) is 16.1 Å². The lowest BCUT2D eigenvalue weighted by Gasteiger charge is -2.43. The number of halogens is 5. The molecular formula is C39H39Cl2F3N6O3S. The number of benzene rings is 2. The Labute approximate surface area is 325 Å². The summed E-state index contributed by atoms with van der Waals surface area (Å²) in [5.41, 5.74) is 2.09. The number of rotatable bonds is 6. The molecule has 2 aromatic carbocycles. The first-order valence-corrected chi connectivity index (χ1v) is 20.1. The van der Waals surface area contributed by atoms with Crippen LogP contribution in [0.3, 0.4) is 0 Å². The highest BCUT2D eigenvalue weighted by molar-refractivity contribution is 7.98. The third kappa shape index (κ3) is 6.03. The van der Waals surface area contributed by atoms with Crippen LogP contribution in [0.1, 0.15) is 69.8 Å². The normalized spacial score (nSPS) is 23.1. The average molecular weight is 800 g/mol. The van der Waals surface area contributed by atoms with E-state index in [1.54, 1.807) is 28.0 Å². The number of carbonyl (C=O) groups is 2. The number of nitrogens with zero attached hydrogens (tertiary/aromatic N) is 6. The highest BCUT2D eigenvalue weighted by Crippen LogP contribution is 2.54. The number of alkyl halides is 2. The third-order valence-electron chi connectivity index (χ3n) is 11.1. The first-order valence-electron chi connectivity index (χ1n) is 18.1. The Morgan fingerprint density at radius 2 is 1.91 bits per heavy atom. The zero-order chi connectivity index (χ0) is 38.4. The molecule has 15 heteroatoms. The molecule has 5 aliphatic rings. The molecule has 0 N–H and O–H groups in total. The van der Waals surface area contributed by atoms with Crippen LogP contribution in [-0.2, 0) is 11.2 Å². The van der Waals surface area contributed by atoms with Crippen molar-refractivity contribution in [3.8, 4) is 17.2 Å². The highest BCUT2D eigenvalue weighted by Gasteiger charge is 2.57. The lowest BCUT2D eigenvalue weighted by Crippen LogP contribution is -2.61. The van der Waals surface area contributed by atoms with Gasteiger partial charge in [-0.3, -0.25) is 0 Å². The van der Waals surface area contributed by atoms with E-state index < -0.39 is 48.6 Å². The first kappa shape index (κ1) is 37.1. The minimum absolute atomic E-state index is 0.0462. The van der Waals surface area contributed by atoms with E-state index in [1.165, 1.54) is 16.7 Å². The van der Waals surface area contributed by atoms with E-state index >= 15 is 4.39 Å². The number of carbonyl (C=O) groups excluding carboxylic acids is 2. The summed E-state index contributed by atoms with van der Waals surface area (Å²) >= 11 is 14.5. The molecule has 4 saturated heterocycles. The Morgan fingerprint density at radius 3 is 2.59 bits per heavy atom. The summed E-state index contributed by atoms with van der Waals surface area (Å²) in [5.74, 6) is -3.46. The Hall–Kier alpha value is -3.86. The van der Waals surface area contributed by atoms with Gasteiger partial charge in [-0.2, -0.15) is 5.26 Å². The molecule has 5 fully saturated rings. The molecule has 54 heavy (non-hydrogen) atoms. The van der Waals surface area contributed by atoms with E-state index in [2.05, 4.69) is 10.6 Å². The number of nitriles is 1. The molecule has 2 bridgehead atoms. The number of pyridine rings is 1. The number of likely N-dealkylation sites (tertiary alicyclic amines) is 2. The van der Waals surface area contributed by atoms with Crippen molar-refractivity contribution in [1.29, 1.82) is 5.26 Å². The maximum atomic E-state index is 17.3. The molecule has 6 heterocycles. The molecular weight excluding hydrogens is 760 g/mol. The smallest absolute Gasteiger partial charge is 0.410 e. The zero-order valence-electron chi connectivity index (χ0n) is 30.3. The van der Waals surface area contributed by atoms with Gasteiger partial charge in [0.2, 0.25) is 0 Å². The van der Waals surface area contributed by atoms with Gasteiger partial charge in [-0.15, -0.1) is 11.8 Å². The van der Waals surface area contributed by atoms with Crippen LogP contribution in [0.2, 0.25) is 10.0 Å². The van der Waals surface area contributed by atoms with Gasteiger partial charge in [-0.05, 0) is 76.5 Å². The SMILES string of the molecule is CSc1nc2c(F)c(-c3cccc(Cl)c3Cl)c(CCC#N)cc2c2c1cc([C@H]1CCCN1C(=O)N1CC(F)(F)C1)n2[C@H]1[C@@H]2C[C@H]1N(C(=O)OC(C)(C)C)C2. The van der Waals surface area contributed by atoms with Gasteiger partial charge in [-0.1, -0.05) is 35.3 Å². The Morgan fingerprint density at radius 1 is 1.15 bits per heavy atom. The quantitative estimate of drug-likeness (QED) is 0.180. The predicted molar refractivity (Wildman–Crippen MR) is 203 cm³/mol. The maximum Gasteiger partial charge on any atom is 0.410 e. The molecule has 4 aromatic rings. The molecule has 284 valence electrons. The van der Waals surface area contributed by atoms with Crippen LogP contribution in [0.4, 0.5) is 22.8 Å². The van der Waals surface area contributed by atoms with Crippen molar-refractivity contribution in [3.63, 3.8) is 0 Å². The molecule has 0 unspecified atom stereocenters. The average Bonchev–Trinajstić information content (AvgIpc) is 3.90. The van der Waals surface area contributed by atoms with E-state index in [9.17, 15) is 23.6 Å². The number of urea groups is 1. The minimum Gasteiger partial charge on any atom is -0.444 e. The summed E-state index contributed by atoms with van der Waals surface area (Å²) < 4.78 is 53.2. The lowest BCUT2D eigenvalue weighted by molar-refractivity contribution is -0.114. The van der Waals surface area contributed by atoms with Crippen LogP contribution >= 0.6 is 35.0 Å². The van der Waals surface area contributed by atoms with Crippen LogP contribution in [0.5, 0.6) is 0 Å². The molecule has 1 aliphatic carbocycles. The van der Waals surface area contributed by atoms with Crippen LogP contribution < -0.4 is 0 Å². The molecule has 9 nitrogen and oxygen atoms in total. The number of aromatic nitrogens is 2. The highest BCUT2D eigenvalue weighted by atomic mass is 35.5. The van der Waals surface area contributed by atoms with E-state index in [0.29, 0.717) is 53.0 Å². The molecule has 0 radical (unpaired) electrons. The molecule has 1 saturated carbocycles. The summed E-state index contributed by atoms with van der Waals surface area (Å²) in [6, 6.07) is 9.74. The summed E-state index contributed by atoms with van der Waals surface area (Å²) in [6.45, 7) is 5.11. The Bertz CT molecular complexity index is 2260. The van der Waals surface area contributed by atoms with Gasteiger partial charge in [-0.25, -0.2) is 27.7 Å². The zero-order valence-corrected chi connectivity index (χ0v) is 32.6. The lowest BCUT2D eigenvalue weighted by atomic mass is 9.79. The summed E-state index contributed by atoms with van der Waals surface area (Å²) in [7, 11) is 0. The van der Waals surface area contributed by atoms with Gasteiger partial charge in [0.25, 0.3) is 5.92 Å². The van der Waals surface area contributed by atoms with Crippen molar-refractivity contribution < 1.29 is 27.5 Å². The topological polar surface area (TPSA) is 94.7 Å². The van der Waals surface area contributed by atoms with Gasteiger partial charge in [0.05, 0.1) is 52.8 Å². The molecule has 4 atom stereocenters. The van der Waals surface area contributed by atoms with Gasteiger partial charge in [0, 0.05) is 53.0 Å². The van der Waals surface area contributed by atoms with Crippen molar-refractivity contribution >= 4 is 68.9 Å². The van der Waals surface area contributed by atoms with Crippen molar-refractivity contribution in [1.82, 2.24) is 24.3 Å². The van der Waals surface area contributed by atoms with Crippen LogP contribution in [-0.4, -0.2) is 86.4 Å².